The number of unbranched alkanes of at least 4 members (excludes halogenated alkanes) is 8. The Bertz CT molecular complexity index is 1080. The van der Waals surface area contributed by atoms with Crippen molar-refractivity contribution in [2.45, 2.75) is 77.3 Å². The summed E-state index contributed by atoms with van der Waals surface area (Å²) >= 11 is 5.86. The molecule has 2 aromatic carbocycles. The van der Waals surface area contributed by atoms with E-state index in [0.717, 1.165) is 31.4 Å². The molecule has 0 aromatic heterocycles. The molecule has 38 heavy (non-hydrogen) atoms. The fraction of sp³-hybridized carbons (Fsp3) is 0.464. The van der Waals surface area contributed by atoms with Crippen LogP contribution in [-0.4, -0.2) is 24.4 Å². The number of esters is 1. The van der Waals surface area contributed by atoms with Crippen LogP contribution in [-0.2, 0) is 20.5 Å². The summed E-state index contributed by atoms with van der Waals surface area (Å²) in [6, 6.07) is 8.59. The molecule has 0 heterocycles. The quantitative estimate of drug-likeness (QED) is 0.172. The second-order valence-corrected chi connectivity index (χ2v) is 9.43. The molecule has 2 amide bonds. The Balaban J connectivity index is 1.75. The van der Waals surface area contributed by atoms with Crippen molar-refractivity contribution in [3.8, 4) is 0 Å². The molecule has 2 rings (SSSR count). The molecule has 0 saturated carbocycles. The standard InChI is InChI=1S/C28H34ClF3N2O4/c1-2-3-4-5-6-7-8-9-10-14-25(35)33-22-13-11-12-20(17-22)27(37)38-19-26(36)34-24-18-21(28(30,31)32)15-16-23(24)29/h11-13,15-18H,2-10,14,19H2,1H3,(H,33,35)(H,34,36). The van der Waals surface area contributed by atoms with Crippen LogP contribution >= 0.6 is 11.6 Å². The van der Waals surface area contributed by atoms with Gasteiger partial charge in [0.2, 0.25) is 5.91 Å². The van der Waals surface area contributed by atoms with E-state index < -0.39 is 30.2 Å². The van der Waals surface area contributed by atoms with Gasteiger partial charge >= 0.3 is 12.1 Å². The number of carbonyl (C=O) groups is 3. The number of benzene rings is 2. The van der Waals surface area contributed by atoms with Gasteiger partial charge in [-0.1, -0.05) is 76.0 Å². The Morgan fingerprint density at radius 3 is 2.16 bits per heavy atom. The molecule has 0 saturated heterocycles. The van der Waals surface area contributed by atoms with E-state index in [0.29, 0.717) is 18.2 Å². The lowest BCUT2D eigenvalue weighted by molar-refractivity contribution is -0.137. The van der Waals surface area contributed by atoms with Gasteiger partial charge < -0.3 is 15.4 Å². The van der Waals surface area contributed by atoms with Crippen molar-refractivity contribution in [2.24, 2.45) is 0 Å². The van der Waals surface area contributed by atoms with E-state index in [1.165, 1.54) is 50.7 Å². The van der Waals surface area contributed by atoms with E-state index >= 15 is 0 Å². The minimum atomic E-state index is -4.61. The summed E-state index contributed by atoms with van der Waals surface area (Å²) in [5, 5.41) is 4.86. The molecule has 0 atom stereocenters. The van der Waals surface area contributed by atoms with Crippen LogP contribution in [0.25, 0.3) is 0 Å². The predicted molar refractivity (Wildman–Crippen MR) is 142 cm³/mol. The first kappa shape index (κ1) is 31.1. The van der Waals surface area contributed by atoms with Crippen LogP contribution in [0.1, 0.15) is 87.1 Å². The van der Waals surface area contributed by atoms with Crippen molar-refractivity contribution in [3.05, 3.63) is 58.6 Å². The summed E-state index contributed by atoms with van der Waals surface area (Å²) < 4.78 is 43.6. The van der Waals surface area contributed by atoms with Gasteiger partial charge in [-0.05, 0) is 42.8 Å². The molecule has 0 unspecified atom stereocenters. The minimum absolute atomic E-state index is 0.0940. The van der Waals surface area contributed by atoms with Crippen molar-refractivity contribution in [3.63, 3.8) is 0 Å². The zero-order chi connectivity index (χ0) is 28.0. The van der Waals surface area contributed by atoms with E-state index in [1.807, 2.05) is 0 Å². The number of anilines is 2. The van der Waals surface area contributed by atoms with E-state index in [4.69, 9.17) is 16.3 Å². The molecular formula is C28H34ClF3N2O4. The number of halogens is 4. The lowest BCUT2D eigenvalue weighted by Gasteiger charge is -2.12. The zero-order valence-electron chi connectivity index (χ0n) is 21.5. The van der Waals surface area contributed by atoms with Crippen LogP contribution in [0.15, 0.2) is 42.5 Å². The third kappa shape index (κ3) is 11.5. The maximum atomic E-state index is 12.9. The van der Waals surface area contributed by atoms with Gasteiger partial charge in [-0.3, -0.25) is 9.59 Å². The molecule has 0 spiro atoms. The number of hydrogen-bond acceptors (Lipinski definition) is 4. The minimum Gasteiger partial charge on any atom is -0.452 e. The summed E-state index contributed by atoms with van der Waals surface area (Å²) in [5.74, 6) is -1.84. The Kier molecular flexibility index (Phi) is 13.1. The number of nitrogens with one attached hydrogen (secondary N) is 2. The Hall–Kier alpha value is -3.07. The van der Waals surface area contributed by atoms with Crippen LogP contribution in [0, 0.1) is 0 Å². The van der Waals surface area contributed by atoms with Gasteiger partial charge in [-0.15, -0.1) is 0 Å². The highest BCUT2D eigenvalue weighted by Gasteiger charge is 2.31. The average Bonchev–Trinajstić information content (AvgIpc) is 2.87. The summed E-state index contributed by atoms with van der Waals surface area (Å²) in [6.45, 7) is 1.46. The molecule has 208 valence electrons. The van der Waals surface area contributed by atoms with Crippen LogP contribution in [0.4, 0.5) is 24.5 Å². The monoisotopic (exact) mass is 554 g/mol. The topological polar surface area (TPSA) is 84.5 Å². The van der Waals surface area contributed by atoms with Crippen LogP contribution < -0.4 is 10.6 Å². The molecule has 2 aromatic rings. The van der Waals surface area contributed by atoms with E-state index in [-0.39, 0.29) is 22.2 Å². The molecule has 2 N–H and O–H groups in total. The molecule has 0 bridgehead atoms. The van der Waals surface area contributed by atoms with E-state index in [1.54, 1.807) is 12.1 Å². The second kappa shape index (κ2) is 16.0. The second-order valence-electron chi connectivity index (χ2n) is 9.02. The van der Waals surface area contributed by atoms with Crippen molar-refractivity contribution in [1.29, 1.82) is 0 Å². The van der Waals surface area contributed by atoms with Gasteiger partial charge in [0.1, 0.15) is 0 Å². The molecule has 10 heteroatoms. The van der Waals surface area contributed by atoms with Crippen LogP contribution in [0.5, 0.6) is 0 Å². The number of rotatable bonds is 15. The van der Waals surface area contributed by atoms with Gasteiger partial charge in [-0.25, -0.2) is 4.79 Å². The molecule has 0 fully saturated rings. The van der Waals surface area contributed by atoms with Gasteiger partial charge in [0.05, 0.1) is 21.8 Å². The Labute approximate surface area is 226 Å². The molecular weight excluding hydrogens is 521 g/mol. The van der Waals surface area contributed by atoms with Gasteiger partial charge in [0, 0.05) is 12.1 Å². The fourth-order valence-corrected chi connectivity index (χ4v) is 3.91. The highest BCUT2D eigenvalue weighted by atomic mass is 35.5. The highest BCUT2D eigenvalue weighted by molar-refractivity contribution is 6.33. The highest BCUT2D eigenvalue weighted by Crippen LogP contribution is 2.33. The molecule has 0 aliphatic rings. The number of ether oxygens (including phenoxy) is 1. The smallest absolute Gasteiger partial charge is 0.416 e. The molecule has 0 aliphatic heterocycles. The van der Waals surface area contributed by atoms with Crippen molar-refractivity contribution >= 4 is 40.8 Å². The number of hydrogen-bond donors (Lipinski definition) is 2. The Morgan fingerprint density at radius 2 is 1.50 bits per heavy atom. The van der Waals surface area contributed by atoms with E-state index in [9.17, 15) is 27.6 Å². The third-order valence-electron chi connectivity index (χ3n) is 5.79. The largest absolute Gasteiger partial charge is 0.452 e. The SMILES string of the molecule is CCCCCCCCCCCC(=O)Nc1cccc(C(=O)OCC(=O)Nc2cc(C(F)(F)F)ccc2Cl)c1. The van der Waals surface area contributed by atoms with Gasteiger partial charge in [0.15, 0.2) is 6.61 Å². The third-order valence-corrected chi connectivity index (χ3v) is 6.12. The van der Waals surface area contributed by atoms with E-state index in [2.05, 4.69) is 17.6 Å². The number of alkyl halides is 3. The van der Waals surface area contributed by atoms with Crippen LogP contribution in [0.3, 0.4) is 0 Å². The number of amides is 2. The van der Waals surface area contributed by atoms with Crippen LogP contribution in [0.2, 0.25) is 5.02 Å². The average molecular weight is 555 g/mol. The van der Waals surface area contributed by atoms with Crippen molar-refractivity contribution in [1.82, 2.24) is 0 Å². The lowest BCUT2D eigenvalue weighted by atomic mass is 10.1. The maximum Gasteiger partial charge on any atom is 0.416 e. The van der Waals surface area contributed by atoms with Crippen molar-refractivity contribution in [2.75, 3.05) is 17.2 Å². The van der Waals surface area contributed by atoms with Crippen molar-refractivity contribution < 1.29 is 32.3 Å². The first-order chi connectivity index (χ1) is 18.1. The molecule has 0 radical (unpaired) electrons. The Morgan fingerprint density at radius 1 is 0.842 bits per heavy atom. The van der Waals surface area contributed by atoms with Gasteiger partial charge in [-0.2, -0.15) is 13.2 Å². The predicted octanol–water partition coefficient (Wildman–Crippen LogP) is 8.01. The number of carbonyl (C=O) groups excluding carboxylic acids is 3. The zero-order valence-corrected chi connectivity index (χ0v) is 22.2. The normalized spacial score (nSPS) is 11.2. The first-order valence-corrected chi connectivity index (χ1v) is 13.2. The molecule has 0 aliphatic carbocycles. The maximum absolute atomic E-state index is 12.9. The van der Waals surface area contributed by atoms with Gasteiger partial charge in [0.25, 0.3) is 5.91 Å². The summed E-state index contributed by atoms with van der Waals surface area (Å²) in [7, 11) is 0. The molecule has 6 nitrogen and oxygen atoms in total. The lowest BCUT2D eigenvalue weighted by Crippen LogP contribution is -2.21. The first-order valence-electron chi connectivity index (χ1n) is 12.8. The summed E-state index contributed by atoms with van der Waals surface area (Å²) in [5.41, 5.74) is -0.707. The summed E-state index contributed by atoms with van der Waals surface area (Å²) in [6.07, 6.45) is 6.13. The summed E-state index contributed by atoms with van der Waals surface area (Å²) in [4.78, 5) is 36.7. The fourth-order valence-electron chi connectivity index (χ4n) is 3.74.